The number of nitrogens with zero attached hydrogens (tertiary/aromatic N) is 1. The van der Waals surface area contributed by atoms with Crippen LogP contribution in [-0.2, 0) is 35.8 Å². The van der Waals surface area contributed by atoms with E-state index in [1.807, 2.05) is 24.0 Å². The monoisotopic (exact) mass is 501 g/mol. The summed E-state index contributed by atoms with van der Waals surface area (Å²) in [6.07, 6.45) is 1.34. The number of amides is 1. The van der Waals surface area contributed by atoms with Crippen molar-refractivity contribution >= 4 is 16.0 Å². The van der Waals surface area contributed by atoms with Crippen LogP contribution < -0.4 is 9.47 Å². The maximum absolute atomic E-state index is 13.8. The summed E-state index contributed by atoms with van der Waals surface area (Å²) in [6, 6.07) is 10.4. The molecule has 0 aromatic heterocycles. The van der Waals surface area contributed by atoms with E-state index >= 15 is 0 Å². The van der Waals surface area contributed by atoms with Crippen LogP contribution >= 0.6 is 0 Å². The molecule has 0 N–H and O–H groups in total. The number of aryl methyl sites for hydroxylation is 1. The third-order valence-corrected chi connectivity index (χ3v) is 9.20. The molecule has 2 aromatic rings. The van der Waals surface area contributed by atoms with Crippen molar-refractivity contribution in [2.75, 3.05) is 27.9 Å². The molecule has 8 nitrogen and oxygen atoms in total. The number of fused-ring (bicyclic) bond motifs is 1. The normalized spacial score (nSPS) is 27.7. The Morgan fingerprint density at radius 2 is 1.71 bits per heavy atom. The SMILES string of the molecule is COc1cc2c(cc1OC)C13CCC(OC)CC1C(OS(=O)(=O)c1ccc(C)cc1)C(=O)N3CC2. The number of rotatable bonds is 6. The summed E-state index contributed by atoms with van der Waals surface area (Å²) in [5, 5.41) is 0. The molecule has 2 fully saturated rings. The Balaban J connectivity index is 1.61. The third kappa shape index (κ3) is 3.72. The highest BCUT2D eigenvalue weighted by atomic mass is 32.2. The fourth-order valence-corrected chi connectivity index (χ4v) is 7.24. The average molecular weight is 502 g/mol. The predicted molar refractivity (Wildman–Crippen MR) is 128 cm³/mol. The fourth-order valence-electron chi connectivity index (χ4n) is 6.17. The van der Waals surface area contributed by atoms with Gasteiger partial charge in [-0.2, -0.15) is 8.42 Å². The third-order valence-electron chi connectivity index (χ3n) is 7.89. The van der Waals surface area contributed by atoms with Crippen LogP contribution in [0.4, 0.5) is 0 Å². The summed E-state index contributed by atoms with van der Waals surface area (Å²) in [5.74, 6) is 0.533. The van der Waals surface area contributed by atoms with Gasteiger partial charge in [0.2, 0.25) is 0 Å². The van der Waals surface area contributed by atoms with Gasteiger partial charge in [-0.15, -0.1) is 0 Å². The van der Waals surface area contributed by atoms with Crippen LogP contribution in [0.1, 0.15) is 36.0 Å². The lowest BCUT2D eigenvalue weighted by molar-refractivity contribution is -0.136. The van der Waals surface area contributed by atoms with Crippen LogP contribution in [0.5, 0.6) is 11.5 Å². The number of methoxy groups -OCH3 is 3. The molecule has 1 amide bonds. The molecule has 35 heavy (non-hydrogen) atoms. The van der Waals surface area contributed by atoms with Crippen LogP contribution in [0.3, 0.4) is 0 Å². The van der Waals surface area contributed by atoms with E-state index in [-0.39, 0.29) is 16.9 Å². The average Bonchev–Trinajstić information content (AvgIpc) is 3.10. The van der Waals surface area contributed by atoms with Crippen LogP contribution in [-0.4, -0.2) is 59.3 Å². The van der Waals surface area contributed by atoms with Gasteiger partial charge < -0.3 is 19.1 Å². The summed E-state index contributed by atoms with van der Waals surface area (Å²) in [6.45, 7) is 2.37. The molecule has 4 unspecified atom stereocenters. The molecule has 0 radical (unpaired) electrons. The summed E-state index contributed by atoms with van der Waals surface area (Å²) in [4.78, 5) is 15.7. The van der Waals surface area contributed by atoms with E-state index in [0.29, 0.717) is 37.3 Å². The zero-order valence-electron chi connectivity index (χ0n) is 20.4. The van der Waals surface area contributed by atoms with Crippen LogP contribution in [0.25, 0.3) is 0 Å². The van der Waals surface area contributed by atoms with Gasteiger partial charge in [0, 0.05) is 19.6 Å². The van der Waals surface area contributed by atoms with Crippen molar-refractivity contribution in [2.45, 2.75) is 55.2 Å². The number of hydrogen-bond donors (Lipinski definition) is 0. The topological polar surface area (TPSA) is 91.4 Å². The summed E-state index contributed by atoms with van der Waals surface area (Å²) >= 11 is 0. The lowest BCUT2D eigenvalue weighted by Crippen LogP contribution is -2.53. The van der Waals surface area contributed by atoms with Gasteiger partial charge in [-0.3, -0.25) is 8.98 Å². The molecule has 188 valence electrons. The minimum atomic E-state index is -4.15. The van der Waals surface area contributed by atoms with Gasteiger partial charge in [0.15, 0.2) is 17.6 Å². The number of carbonyl (C=O) groups excluding carboxylic acids is 1. The molecule has 4 atom stereocenters. The van der Waals surface area contributed by atoms with Crippen molar-refractivity contribution in [3.05, 3.63) is 53.1 Å². The summed E-state index contributed by atoms with van der Waals surface area (Å²) in [5.41, 5.74) is 2.31. The molecule has 3 aliphatic rings. The molecule has 5 rings (SSSR count). The van der Waals surface area contributed by atoms with Crippen molar-refractivity contribution in [1.29, 1.82) is 0 Å². The van der Waals surface area contributed by atoms with Gasteiger partial charge in [-0.05, 0) is 68.0 Å². The van der Waals surface area contributed by atoms with Crippen molar-refractivity contribution in [3.8, 4) is 11.5 Å². The molecular formula is C26H31NO7S. The minimum absolute atomic E-state index is 0.0423. The van der Waals surface area contributed by atoms with Gasteiger partial charge in [0.25, 0.3) is 16.0 Å². The van der Waals surface area contributed by atoms with Gasteiger partial charge in [-0.25, -0.2) is 0 Å². The fraction of sp³-hybridized carbons (Fsp3) is 0.500. The second-order valence-corrected chi connectivity index (χ2v) is 11.1. The Hall–Kier alpha value is -2.62. The molecule has 1 saturated carbocycles. The Labute approximate surface area is 206 Å². The second kappa shape index (κ2) is 8.80. The smallest absolute Gasteiger partial charge is 0.297 e. The Kier molecular flexibility index (Phi) is 6.05. The number of hydrogen-bond acceptors (Lipinski definition) is 7. The lowest BCUT2D eigenvalue weighted by atomic mass is 9.65. The van der Waals surface area contributed by atoms with Crippen LogP contribution in [0, 0.1) is 12.8 Å². The Morgan fingerprint density at radius 1 is 1.03 bits per heavy atom. The van der Waals surface area contributed by atoms with Crippen LogP contribution in [0.2, 0.25) is 0 Å². The van der Waals surface area contributed by atoms with Crippen LogP contribution in [0.15, 0.2) is 41.3 Å². The highest BCUT2D eigenvalue weighted by Gasteiger charge is 2.64. The molecule has 9 heteroatoms. The molecule has 1 aliphatic carbocycles. The standard InChI is InChI=1S/C26H31NO7S/c1-16-5-7-19(8-6-16)35(29,30)34-24-21-14-18(31-2)9-11-26(21)20-15-23(33-4)22(32-3)13-17(20)10-12-27(26)25(24)28/h5-8,13,15,18,21,24H,9-12,14H2,1-4H3. The van der Waals surface area contributed by atoms with Crippen molar-refractivity contribution < 1.29 is 31.6 Å². The summed E-state index contributed by atoms with van der Waals surface area (Å²) in [7, 11) is 0.689. The van der Waals surface area contributed by atoms with E-state index in [2.05, 4.69) is 0 Å². The molecule has 1 saturated heterocycles. The maximum atomic E-state index is 13.8. The highest BCUT2D eigenvalue weighted by molar-refractivity contribution is 7.86. The Bertz CT molecular complexity index is 1240. The van der Waals surface area contributed by atoms with E-state index < -0.39 is 27.7 Å². The van der Waals surface area contributed by atoms with E-state index in [1.165, 1.54) is 12.1 Å². The molecule has 2 heterocycles. The first-order valence-corrected chi connectivity index (χ1v) is 13.3. The number of ether oxygens (including phenoxy) is 3. The first-order valence-electron chi connectivity index (χ1n) is 11.8. The van der Waals surface area contributed by atoms with Gasteiger partial charge in [0.05, 0.1) is 30.8 Å². The minimum Gasteiger partial charge on any atom is -0.493 e. The summed E-state index contributed by atoms with van der Waals surface area (Å²) < 4.78 is 49.0. The highest BCUT2D eigenvalue weighted by Crippen LogP contribution is 2.57. The maximum Gasteiger partial charge on any atom is 0.297 e. The van der Waals surface area contributed by atoms with Crippen molar-refractivity contribution in [3.63, 3.8) is 0 Å². The van der Waals surface area contributed by atoms with Gasteiger partial charge in [0.1, 0.15) is 0 Å². The predicted octanol–water partition coefficient (Wildman–Crippen LogP) is 3.20. The van der Waals surface area contributed by atoms with Gasteiger partial charge >= 0.3 is 0 Å². The van der Waals surface area contributed by atoms with Crippen molar-refractivity contribution in [1.82, 2.24) is 4.90 Å². The number of carbonyl (C=O) groups is 1. The quantitative estimate of drug-likeness (QED) is 0.562. The molecule has 2 aliphatic heterocycles. The first-order chi connectivity index (χ1) is 16.7. The van der Waals surface area contributed by atoms with Crippen molar-refractivity contribution in [2.24, 2.45) is 5.92 Å². The van der Waals surface area contributed by atoms with E-state index in [0.717, 1.165) is 23.1 Å². The molecule has 0 bridgehead atoms. The zero-order valence-corrected chi connectivity index (χ0v) is 21.3. The first kappa shape index (κ1) is 24.1. The number of benzene rings is 2. The molecular weight excluding hydrogens is 470 g/mol. The second-order valence-electron chi connectivity index (χ2n) is 9.55. The largest absolute Gasteiger partial charge is 0.493 e. The zero-order chi connectivity index (χ0) is 25.0. The van der Waals surface area contributed by atoms with E-state index in [9.17, 15) is 13.2 Å². The Morgan fingerprint density at radius 3 is 2.37 bits per heavy atom. The lowest BCUT2D eigenvalue weighted by Gasteiger charge is -2.50. The molecule has 1 spiro atoms. The molecule has 2 aromatic carbocycles. The van der Waals surface area contributed by atoms with Gasteiger partial charge in [-0.1, -0.05) is 17.7 Å². The van der Waals surface area contributed by atoms with E-state index in [1.54, 1.807) is 33.5 Å². The van der Waals surface area contributed by atoms with E-state index in [4.69, 9.17) is 18.4 Å².